The predicted molar refractivity (Wildman–Crippen MR) is 90.9 cm³/mol. The maximum Gasteiger partial charge on any atom is 0.269 e. The zero-order chi connectivity index (χ0) is 15.2. The third-order valence-electron chi connectivity index (χ3n) is 3.85. The second kappa shape index (κ2) is 7.55. The fourth-order valence-electron chi connectivity index (χ4n) is 2.44. The molecule has 0 saturated carbocycles. The number of nitrogens with one attached hydrogen (secondary N) is 1. The SMILES string of the molecule is CCC(CC)C(Br)CNC(=O)c1ccc2ccccc2n1. The number of aromatic nitrogens is 1. The molecule has 1 unspecified atom stereocenters. The molecular weight excluding hydrogens is 328 g/mol. The number of nitrogens with zero attached hydrogens (tertiary/aromatic N) is 1. The van der Waals surface area contributed by atoms with Crippen molar-refractivity contribution >= 4 is 32.7 Å². The summed E-state index contributed by atoms with van der Waals surface area (Å²) in [6.07, 6.45) is 2.22. The van der Waals surface area contributed by atoms with Crippen LogP contribution in [0.4, 0.5) is 0 Å². The Hall–Kier alpha value is -1.42. The molecule has 112 valence electrons. The van der Waals surface area contributed by atoms with Crippen molar-refractivity contribution in [2.75, 3.05) is 6.54 Å². The summed E-state index contributed by atoms with van der Waals surface area (Å²) in [7, 11) is 0. The van der Waals surface area contributed by atoms with Crippen LogP contribution in [0.2, 0.25) is 0 Å². The van der Waals surface area contributed by atoms with E-state index < -0.39 is 0 Å². The number of alkyl halides is 1. The first-order valence-electron chi connectivity index (χ1n) is 7.43. The maximum atomic E-state index is 12.2. The fourth-order valence-corrected chi connectivity index (χ4v) is 3.35. The molecule has 1 aromatic carbocycles. The average Bonchev–Trinajstić information content (AvgIpc) is 2.53. The Morgan fingerprint density at radius 3 is 2.62 bits per heavy atom. The highest BCUT2D eigenvalue weighted by Crippen LogP contribution is 2.19. The van der Waals surface area contributed by atoms with Gasteiger partial charge in [0, 0.05) is 16.8 Å². The predicted octanol–water partition coefficient (Wildman–Crippen LogP) is 4.16. The van der Waals surface area contributed by atoms with Crippen LogP contribution in [0, 0.1) is 5.92 Å². The van der Waals surface area contributed by atoms with Gasteiger partial charge < -0.3 is 5.32 Å². The number of para-hydroxylation sites is 1. The van der Waals surface area contributed by atoms with Gasteiger partial charge in [-0.3, -0.25) is 4.79 Å². The Bertz CT molecular complexity index is 611. The van der Waals surface area contributed by atoms with Gasteiger partial charge in [-0.05, 0) is 18.1 Å². The number of pyridine rings is 1. The Kier molecular flexibility index (Phi) is 5.74. The van der Waals surface area contributed by atoms with Gasteiger partial charge in [0.15, 0.2) is 0 Å². The fraction of sp³-hybridized carbons (Fsp3) is 0.412. The number of hydrogen-bond acceptors (Lipinski definition) is 2. The zero-order valence-electron chi connectivity index (χ0n) is 12.5. The highest BCUT2D eigenvalue weighted by atomic mass is 79.9. The summed E-state index contributed by atoms with van der Waals surface area (Å²) in [5, 5.41) is 4.01. The standard InChI is InChI=1S/C17H21BrN2O/c1-3-12(4-2)14(18)11-19-17(21)16-10-9-13-7-5-6-8-15(13)20-16/h5-10,12,14H,3-4,11H2,1-2H3,(H,19,21). The van der Waals surface area contributed by atoms with Crippen molar-refractivity contribution in [2.24, 2.45) is 5.92 Å². The van der Waals surface area contributed by atoms with E-state index in [1.54, 1.807) is 6.07 Å². The Morgan fingerprint density at radius 1 is 1.19 bits per heavy atom. The van der Waals surface area contributed by atoms with Gasteiger partial charge in [0.05, 0.1) is 5.52 Å². The lowest BCUT2D eigenvalue weighted by molar-refractivity contribution is 0.0947. The van der Waals surface area contributed by atoms with Crippen LogP contribution in [0.1, 0.15) is 37.2 Å². The molecule has 0 bridgehead atoms. The van der Waals surface area contributed by atoms with Crippen LogP contribution in [0.5, 0.6) is 0 Å². The second-order valence-electron chi connectivity index (χ2n) is 5.19. The van der Waals surface area contributed by atoms with Crippen LogP contribution in [-0.4, -0.2) is 22.3 Å². The number of halogens is 1. The van der Waals surface area contributed by atoms with Gasteiger partial charge in [0.1, 0.15) is 5.69 Å². The first-order valence-corrected chi connectivity index (χ1v) is 8.35. The smallest absolute Gasteiger partial charge is 0.269 e. The molecule has 1 atom stereocenters. The Labute approximate surface area is 134 Å². The molecule has 4 heteroatoms. The Morgan fingerprint density at radius 2 is 1.90 bits per heavy atom. The van der Waals surface area contributed by atoms with Crippen molar-refractivity contribution < 1.29 is 4.79 Å². The van der Waals surface area contributed by atoms with E-state index in [0.29, 0.717) is 23.0 Å². The van der Waals surface area contributed by atoms with Crippen LogP contribution in [0.15, 0.2) is 36.4 Å². The lowest BCUT2D eigenvalue weighted by Crippen LogP contribution is -2.33. The van der Waals surface area contributed by atoms with Gasteiger partial charge in [-0.15, -0.1) is 0 Å². The molecule has 0 aliphatic rings. The van der Waals surface area contributed by atoms with Crippen molar-refractivity contribution in [1.82, 2.24) is 10.3 Å². The van der Waals surface area contributed by atoms with E-state index in [-0.39, 0.29) is 5.91 Å². The quantitative estimate of drug-likeness (QED) is 0.796. The van der Waals surface area contributed by atoms with Gasteiger partial charge in [0.2, 0.25) is 0 Å². The number of benzene rings is 1. The van der Waals surface area contributed by atoms with Crippen LogP contribution in [0.3, 0.4) is 0 Å². The van der Waals surface area contributed by atoms with Gasteiger partial charge in [0.25, 0.3) is 5.91 Å². The Balaban J connectivity index is 2.02. The zero-order valence-corrected chi connectivity index (χ0v) is 14.1. The van der Waals surface area contributed by atoms with Crippen LogP contribution in [-0.2, 0) is 0 Å². The van der Waals surface area contributed by atoms with E-state index in [1.807, 2.05) is 30.3 Å². The van der Waals surface area contributed by atoms with Crippen LogP contribution in [0.25, 0.3) is 10.9 Å². The minimum atomic E-state index is -0.115. The number of hydrogen-bond donors (Lipinski definition) is 1. The molecule has 0 fully saturated rings. The highest BCUT2D eigenvalue weighted by molar-refractivity contribution is 9.09. The van der Waals surface area contributed by atoms with E-state index in [2.05, 4.69) is 40.1 Å². The summed E-state index contributed by atoms with van der Waals surface area (Å²) < 4.78 is 0. The molecule has 1 amide bonds. The molecule has 1 heterocycles. The average molecular weight is 349 g/mol. The van der Waals surface area contributed by atoms with Gasteiger partial charge in [-0.25, -0.2) is 4.98 Å². The van der Waals surface area contributed by atoms with Gasteiger partial charge in [-0.2, -0.15) is 0 Å². The largest absolute Gasteiger partial charge is 0.350 e. The topological polar surface area (TPSA) is 42.0 Å². The number of amides is 1. The van der Waals surface area contributed by atoms with Crippen molar-refractivity contribution in [3.05, 3.63) is 42.1 Å². The summed E-state index contributed by atoms with van der Waals surface area (Å²) in [5.74, 6) is 0.464. The lowest BCUT2D eigenvalue weighted by Gasteiger charge is -2.19. The molecule has 2 aromatic rings. The van der Waals surface area contributed by atoms with Crippen LogP contribution >= 0.6 is 15.9 Å². The van der Waals surface area contributed by atoms with Gasteiger partial charge in [-0.1, -0.05) is 66.9 Å². The first kappa shape index (κ1) is 16.0. The molecule has 0 spiro atoms. The summed E-state index contributed by atoms with van der Waals surface area (Å²) >= 11 is 3.67. The van der Waals surface area contributed by atoms with E-state index >= 15 is 0 Å². The van der Waals surface area contributed by atoms with Crippen molar-refractivity contribution in [1.29, 1.82) is 0 Å². The highest BCUT2D eigenvalue weighted by Gasteiger charge is 2.17. The monoisotopic (exact) mass is 348 g/mol. The molecular formula is C17H21BrN2O. The molecule has 2 rings (SSSR count). The summed E-state index contributed by atoms with van der Waals surface area (Å²) in [4.78, 5) is 16.9. The minimum absolute atomic E-state index is 0.115. The number of fused-ring (bicyclic) bond motifs is 1. The molecule has 0 aliphatic heterocycles. The summed E-state index contributed by atoms with van der Waals surface area (Å²) in [5.41, 5.74) is 1.32. The number of carbonyl (C=O) groups is 1. The molecule has 21 heavy (non-hydrogen) atoms. The summed E-state index contributed by atoms with van der Waals surface area (Å²) in [6, 6.07) is 11.5. The van der Waals surface area contributed by atoms with E-state index in [0.717, 1.165) is 23.7 Å². The first-order chi connectivity index (χ1) is 10.2. The van der Waals surface area contributed by atoms with Crippen molar-refractivity contribution in [3.8, 4) is 0 Å². The molecule has 1 N–H and O–H groups in total. The second-order valence-corrected chi connectivity index (χ2v) is 6.37. The van der Waals surface area contributed by atoms with Crippen molar-refractivity contribution in [2.45, 2.75) is 31.5 Å². The lowest BCUT2D eigenvalue weighted by atomic mass is 9.99. The van der Waals surface area contributed by atoms with Crippen LogP contribution < -0.4 is 5.32 Å². The van der Waals surface area contributed by atoms with E-state index in [1.165, 1.54) is 0 Å². The molecule has 0 radical (unpaired) electrons. The molecule has 0 aliphatic carbocycles. The van der Waals surface area contributed by atoms with E-state index in [9.17, 15) is 4.79 Å². The number of carbonyl (C=O) groups excluding carboxylic acids is 1. The molecule has 1 aromatic heterocycles. The number of rotatable bonds is 6. The minimum Gasteiger partial charge on any atom is -0.350 e. The maximum absolute atomic E-state index is 12.2. The third-order valence-corrected chi connectivity index (χ3v) is 4.92. The van der Waals surface area contributed by atoms with E-state index in [4.69, 9.17) is 0 Å². The normalized spacial score (nSPS) is 12.6. The third kappa shape index (κ3) is 4.03. The van der Waals surface area contributed by atoms with Gasteiger partial charge >= 0.3 is 0 Å². The molecule has 0 saturated heterocycles. The summed E-state index contributed by atoms with van der Waals surface area (Å²) in [6.45, 7) is 4.98. The van der Waals surface area contributed by atoms with Crippen molar-refractivity contribution in [3.63, 3.8) is 0 Å². The molecule has 3 nitrogen and oxygen atoms in total.